The Morgan fingerprint density at radius 3 is 2.70 bits per heavy atom. The van der Waals surface area contributed by atoms with Gasteiger partial charge in [0.2, 0.25) is 0 Å². The zero-order valence-corrected chi connectivity index (χ0v) is 15.1. The van der Waals surface area contributed by atoms with Crippen molar-refractivity contribution in [2.45, 2.75) is 51.1 Å². The molecule has 1 aliphatic carbocycles. The van der Waals surface area contributed by atoms with Crippen LogP contribution >= 0.6 is 0 Å². The fraction of sp³-hybridized carbons (Fsp3) is 0.500. The van der Waals surface area contributed by atoms with Gasteiger partial charge in [-0.15, -0.1) is 0 Å². The number of carbonyl (C=O) groups excluding carboxylic acids is 1. The summed E-state index contributed by atoms with van der Waals surface area (Å²) in [6.45, 7) is 0.989. The number of amides is 1. The van der Waals surface area contributed by atoms with Crippen molar-refractivity contribution in [3.63, 3.8) is 0 Å². The Labute approximate surface area is 154 Å². The third-order valence-corrected chi connectivity index (χ3v) is 5.34. The van der Waals surface area contributed by atoms with Gasteiger partial charge in [-0.25, -0.2) is 13.6 Å². The maximum Gasteiger partial charge on any atom is 0.339 e. The molecule has 1 aliphatic heterocycles. The summed E-state index contributed by atoms with van der Waals surface area (Å²) in [6.07, 6.45) is 2.38. The average molecular weight is 377 g/mol. The van der Waals surface area contributed by atoms with Gasteiger partial charge in [-0.05, 0) is 50.3 Å². The normalized spacial score (nSPS) is 19.7. The lowest BCUT2D eigenvalue weighted by Crippen LogP contribution is -2.40. The van der Waals surface area contributed by atoms with Crippen molar-refractivity contribution in [2.24, 2.45) is 0 Å². The zero-order valence-electron chi connectivity index (χ0n) is 15.1. The van der Waals surface area contributed by atoms with Crippen LogP contribution in [0.2, 0.25) is 0 Å². The fourth-order valence-electron chi connectivity index (χ4n) is 3.93. The van der Waals surface area contributed by atoms with E-state index in [-0.39, 0.29) is 18.6 Å². The molecule has 0 radical (unpaired) electrons. The predicted octanol–water partition coefficient (Wildman–Crippen LogP) is 3.31. The molecular weight excluding hydrogens is 356 g/mol. The molecule has 7 heteroatoms. The number of nitrogens with zero attached hydrogens (tertiary/aromatic N) is 1. The number of ether oxygens (including phenoxy) is 1. The lowest BCUT2D eigenvalue weighted by molar-refractivity contribution is -0.138. The highest BCUT2D eigenvalue weighted by Gasteiger charge is 2.41. The molecule has 2 aromatic rings. The number of halogens is 2. The lowest BCUT2D eigenvalue weighted by Gasteiger charge is -2.22. The van der Waals surface area contributed by atoms with E-state index in [9.17, 15) is 18.4 Å². The highest BCUT2D eigenvalue weighted by Crippen LogP contribution is 2.30. The smallest absolute Gasteiger partial charge is 0.339 e. The van der Waals surface area contributed by atoms with E-state index >= 15 is 0 Å². The minimum absolute atomic E-state index is 0.0261. The van der Waals surface area contributed by atoms with E-state index in [4.69, 9.17) is 9.15 Å². The van der Waals surface area contributed by atoms with Crippen molar-refractivity contribution in [1.82, 2.24) is 4.90 Å². The second kappa shape index (κ2) is 6.62. The topological polar surface area (TPSA) is 59.8 Å². The van der Waals surface area contributed by atoms with Crippen molar-refractivity contribution in [1.29, 1.82) is 0 Å². The zero-order chi connectivity index (χ0) is 19.2. The minimum atomic E-state index is -2.83. The maximum atomic E-state index is 13.3. The highest BCUT2D eigenvalue weighted by molar-refractivity contribution is 5.84. The number of aryl methyl sites for hydroxylation is 1. The van der Waals surface area contributed by atoms with E-state index in [1.54, 1.807) is 12.1 Å². The number of hydrogen-bond acceptors (Lipinski definition) is 4. The Morgan fingerprint density at radius 2 is 2.00 bits per heavy atom. The number of alkyl halides is 2. The molecule has 1 aromatic carbocycles. The van der Waals surface area contributed by atoms with Crippen LogP contribution < -0.4 is 10.4 Å². The monoisotopic (exact) mass is 377 g/mol. The second-order valence-electron chi connectivity index (χ2n) is 7.34. The van der Waals surface area contributed by atoms with Crippen LogP contribution in [-0.2, 0) is 17.6 Å². The molecule has 0 saturated carbocycles. The molecule has 0 N–H and O–H groups in total. The Morgan fingerprint density at radius 1 is 1.26 bits per heavy atom. The Hall–Kier alpha value is -2.44. The first-order valence-corrected chi connectivity index (χ1v) is 9.26. The Bertz CT molecular complexity index is 953. The van der Waals surface area contributed by atoms with Crippen LogP contribution in [0.5, 0.6) is 5.75 Å². The van der Waals surface area contributed by atoms with Gasteiger partial charge in [-0.3, -0.25) is 4.79 Å². The summed E-state index contributed by atoms with van der Waals surface area (Å²) in [5.41, 5.74) is 1.88. The molecule has 1 aromatic heterocycles. The standard InChI is InChI=1S/C20H21F2NO4/c1-12(18(24)23-9-8-20(21,22)11-23)26-13-6-7-15-14-4-2-3-5-16(14)19(25)27-17(15)10-13/h6-7,10,12H,2-5,8-9,11H2,1H3. The first-order valence-electron chi connectivity index (χ1n) is 9.26. The van der Waals surface area contributed by atoms with Crippen LogP contribution in [0.3, 0.4) is 0 Å². The number of hydrogen-bond donors (Lipinski definition) is 0. The summed E-state index contributed by atoms with van der Waals surface area (Å²) in [7, 11) is 0. The summed E-state index contributed by atoms with van der Waals surface area (Å²) in [6, 6.07) is 5.15. The number of rotatable bonds is 3. The minimum Gasteiger partial charge on any atom is -0.481 e. The third kappa shape index (κ3) is 3.42. The van der Waals surface area contributed by atoms with E-state index in [1.807, 2.05) is 6.07 Å². The molecule has 1 amide bonds. The number of fused-ring (bicyclic) bond motifs is 3. The fourth-order valence-corrected chi connectivity index (χ4v) is 3.93. The van der Waals surface area contributed by atoms with E-state index in [0.717, 1.165) is 47.1 Å². The quantitative estimate of drug-likeness (QED) is 0.770. The van der Waals surface area contributed by atoms with Gasteiger partial charge in [0.15, 0.2) is 6.10 Å². The first kappa shape index (κ1) is 17.9. The van der Waals surface area contributed by atoms with E-state index in [1.165, 1.54) is 6.92 Å². The van der Waals surface area contributed by atoms with Gasteiger partial charge in [0.1, 0.15) is 11.3 Å². The largest absolute Gasteiger partial charge is 0.481 e. The van der Waals surface area contributed by atoms with Crippen LogP contribution in [0.15, 0.2) is 27.4 Å². The summed E-state index contributed by atoms with van der Waals surface area (Å²) in [5, 5.41) is 0.884. The summed E-state index contributed by atoms with van der Waals surface area (Å²) in [4.78, 5) is 25.7. The highest BCUT2D eigenvalue weighted by atomic mass is 19.3. The van der Waals surface area contributed by atoms with Gasteiger partial charge in [0, 0.05) is 30.0 Å². The average Bonchev–Trinajstić information content (AvgIpc) is 3.01. The summed E-state index contributed by atoms with van der Waals surface area (Å²) >= 11 is 0. The summed E-state index contributed by atoms with van der Waals surface area (Å²) < 4.78 is 37.7. The molecular formula is C20H21F2NO4. The van der Waals surface area contributed by atoms with Gasteiger partial charge < -0.3 is 14.1 Å². The molecule has 1 unspecified atom stereocenters. The van der Waals surface area contributed by atoms with Crippen molar-refractivity contribution in [3.8, 4) is 5.75 Å². The molecule has 0 bridgehead atoms. The van der Waals surface area contributed by atoms with Crippen molar-refractivity contribution in [3.05, 3.63) is 39.7 Å². The third-order valence-electron chi connectivity index (χ3n) is 5.34. The molecule has 27 heavy (non-hydrogen) atoms. The molecule has 2 aliphatic rings. The summed E-state index contributed by atoms with van der Waals surface area (Å²) in [5.74, 6) is -2.94. The van der Waals surface area contributed by atoms with Crippen LogP contribution in [0, 0.1) is 0 Å². The predicted molar refractivity (Wildman–Crippen MR) is 95.4 cm³/mol. The van der Waals surface area contributed by atoms with Gasteiger partial charge in [0.25, 0.3) is 11.8 Å². The van der Waals surface area contributed by atoms with E-state index in [0.29, 0.717) is 11.3 Å². The van der Waals surface area contributed by atoms with E-state index < -0.39 is 24.5 Å². The van der Waals surface area contributed by atoms with Crippen LogP contribution in [0.25, 0.3) is 11.0 Å². The Balaban J connectivity index is 1.56. The first-order chi connectivity index (χ1) is 12.8. The molecule has 1 saturated heterocycles. The van der Waals surface area contributed by atoms with Crippen LogP contribution in [0.4, 0.5) is 8.78 Å². The SMILES string of the molecule is CC(Oc1ccc2c3c(c(=O)oc2c1)CCCC3)C(=O)N1CCC(F)(F)C1. The van der Waals surface area contributed by atoms with Gasteiger partial charge >= 0.3 is 5.63 Å². The Kier molecular flexibility index (Phi) is 4.40. The number of carbonyl (C=O) groups is 1. The van der Waals surface area contributed by atoms with Crippen LogP contribution in [0.1, 0.15) is 37.3 Å². The van der Waals surface area contributed by atoms with Crippen molar-refractivity contribution in [2.75, 3.05) is 13.1 Å². The van der Waals surface area contributed by atoms with Gasteiger partial charge in [-0.1, -0.05) is 0 Å². The van der Waals surface area contributed by atoms with Gasteiger partial charge in [0.05, 0.1) is 6.54 Å². The molecule has 144 valence electrons. The lowest BCUT2D eigenvalue weighted by atomic mass is 9.91. The molecule has 4 rings (SSSR count). The van der Waals surface area contributed by atoms with E-state index in [2.05, 4.69) is 0 Å². The number of benzene rings is 1. The van der Waals surface area contributed by atoms with Crippen LogP contribution in [-0.4, -0.2) is 35.9 Å². The van der Waals surface area contributed by atoms with Crippen molar-refractivity contribution >= 4 is 16.9 Å². The molecule has 2 heterocycles. The molecule has 5 nitrogen and oxygen atoms in total. The molecule has 1 atom stereocenters. The molecule has 1 fully saturated rings. The maximum absolute atomic E-state index is 13.3. The molecule has 0 spiro atoms. The van der Waals surface area contributed by atoms with Crippen molar-refractivity contribution < 1.29 is 22.7 Å². The van der Waals surface area contributed by atoms with Gasteiger partial charge in [-0.2, -0.15) is 0 Å². The number of likely N-dealkylation sites (tertiary alicyclic amines) is 1. The second-order valence-corrected chi connectivity index (χ2v) is 7.34.